The van der Waals surface area contributed by atoms with Crippen LogP contribution < -0.4 is 9.46 Å². The molecule has 2 aromatic heterocycles. The Balaban J connectivity index is 2.09. The number of benzene rings is 1. The first-order valence-electron chi connectivity index (χ1n) is 9.22. The Morgan fingerprint density at radius 2 is 1.83 bits per heavy atom. The lowest BCUT2D eigenvalue weighted by Crippen LogP contribution is -2.29. The van der Waals surface area contributed by atoms with Gasteiger partial charge in [-0.05, 0) is 38.5 Å². The molecule has 154 valence electrons. The molecule has 0 aliphatic carbocycles. The maximum atomic E-state index is 15.0. The van der Waals surface area contributed by atoms with Crippen LogP contribution >= 0.6 is 0 Å². The number of para-hydroxylation sites is 2. The lowest BCUT2D eigenvalue weighted by Gasteiger charge is -2.28. The Bertz CT molecular complexity index is 1090. The number of aromatic nitrogens is 3. The van der Waals surface area contributed by atoms with Gasteiger partial charge in [-0.3, -0.25) is 9.71 Å². The van der Waals surface area contributed by atoms with E-state index < -0.39 is 21.8 Å². The Hall–Kier alpha value is -2.81. The van der Waals surface area contributed by atoms with Crippen LogP contribution in [0, 0.1) is 0 Å². The molecule has 0 aliphatic rings. The summed E-state index contributed by atoms with van der Waals surface area (Å²) in [6.45, 7) is 4.51. The number of pyridine rings is 1. The molecule has 0 aliphatic heterocycles. The van der Waals surface area contributed by atoms with Crippen molar-refractivity contribution in [1.82, 2.24) is 15.0 Å². The lowest BCUT2D eigenvalue weighted by molar-refractivity contribution is 0.0324. The van der Waals surface area contributed by atoms with E-state index in [4.69, 9.17) is 4.74 Å². The zero-order valence-electron chi connectivity index (χ0n) is 16.5. The van der Waals surface area contributed by atoms with Crippen LogP contribution in [0.4, 0.5) is 10.2 Å². The number of halogens is 1. The maximum Gasteiger partial charge on any atom is 0.259 e. The van der Waals surface area contributed by atoms with Gasteiger partial charge in [0.15, 0.2) is 6.10 Å². The van der Waals surface area contributed by atoms with Gasteiger partial charge in [-0.2, -0.15) is 0 Å². The quantitative estimate of drug-likeness (QED) is 0.593. The summed E-state index contributed by atoms with van der Waals surface area (Å²) in [6.07, 6.45) is 2.44. The number of nitrogens with zero attached hydrogens (tertiary/aromatic N) is 3. The molecule has 0 saturated heterocycles. The van der Waals surface area contributed by atoms with Crippen LogP contribution in [0.1, 0.15) is 38.9 Å². The summed E-state index contributed by atoms with van der Waals surface area (Å²) >= 11 is 0. The van der Waals surface area contributed by atoms with Crippen molar-refractivity contribution in [2.24, 2.45) is 0 Å². The van der Waals surface area contributed by atoms with Crippen molar-refractivity contribution in [3.05, 3.63) is 54.4 Å². The van der Waals surface area contributed by atoms with Gasteiger partial charge in [0.1, 0.15) is 5.67 Å². The maximum absolute atomic E-state index is 15.0. The van der Waals surface area contributed by atoms with E-state index in [1.807, 2.05) is 0 Å². The predicted molar refractivity (Wildman–Crippen MR) is 110 cm³/mol. The number of hydrogen-bond donors (Lipinski definition) is 1. The number of anilines is 1. The van der Waals surface area contributed by atoms with E-state index in [1.54, 1.807) is 49.5 Å². The SMILES string of the molecule is CCCS(=O)(=O)Nc1nc2ccccc2nc1OC(c1cccnc1)C(C)(C)F. The minimum atomic E-state index is -3.65. The summed E-state index contributed by atoms with van der Waals surface area (Å²) in [5.41, 5.74) is -0.304. The summed E-state index contributed by atoms with van der Waals surface area (Å²) in [5, 5.41) is 0. The number of sulfonamides is 1. The third-order valence-corrected chi connectivity index (χ3v) is 5.55. The summed E-state index contributed by atoms with van der Waals surface area (Å²) < 4.78 is 48.0. The second-order valence-electron chi connectivity index (χ2n) is 7.14. The molecule has 2 heterocycles. The van der Waals surface area contributed by atoms with Crippen molar-refractivity contribution >= 4 is 26.9 Å². The van der Waals surface area contributed by atoms with Gasteiger partial charge in [-0.25, -0.2) is 22.8 Å². The van der Waals surface area contributed by atoms with Crippen LogP contribution in [0.2, 0.25) is 0 Å². The predicted octanol–water partition coefficient (Wildman–Crippen LogP) is 4.04. The fourth-order valence-electron chi connectivity index (χ4n) is 2.85. The monoisotopic (exact) mass is 418 g/mol. The normalized spacial score (nSPS) is 13.2. The highest BCUT2D eigenvalue weighted by Gasteiger charge is 2.34. The van der Waals surface area contributed by atoms with Crippen molar-refractivity contribution in [3.63, 3.8) is 0 Å². The Morgan fingerprint density at radius 3 is 2.41 bits per heavy atom. The van der Waals surface area contributed by atoms with Gasteiger partial charge in [0, 0.05) is 18.0 Å². The van der Waals surface area contributed by atoms with Gasteiger partial charge in [0.2, 0.25) is 15.8 Å². The molecular weight excluding hydrogens is 395 g/mol. The van der Waals surface area contributed by atoms with Gasteiger partial charge in [0.25, 0.3) is 5.88 Å². The number of alkyl halides is 1. The molecule has 3 rings (SSSR count). The second-order valence-corrected chi connectivity index (χ2v) is 8.98. The molecule has 0 bridgehead atoms. The minimum absolute atomic E-state index is 0.0738. The van der Waals surface area contributed by atoms with Crippen LogP contribution in [-0.2, 0) is 10.0 Å². The van der Waals surface area contributed by atoms with Gasteiger partial charge < -0.3 is 4.74 Å². The molecule has 1 N–H and O–H groups in total. The third-order valence-electron chi connectivity index (χ3n) is 4.10. The van der Waals surface area contributed by atoms with E-state index in [-0.39, 0.29) is 17.5 Å². The average molecular weight is 418 g/mol. The molecule has 0 fully saturated rings. The molecular formula is C20H23FN4O3S. The summed E-state index contributed by atoms with van der Waals surface area (Å²) in [5.74, 6) is -0.250. The van der Waals surface area contributed by atoms with Crippen molar-refractivity contribution in [1.29, 1.82) is 0 Å². The minimum Gasteiger partial charge on any atom is -0.463 e. The zero-order valence-corrected chi connectivity index (χ0v) is 17.3. The highest BCUT2D eigenvalue weighted by atomic mass is 32.2. The van der Waals surface area contributed by atoms with Crippen molar-refractivity contribution in [2.45, 2.75) is 39.0 Å². The van der Waals surface area contributed by atoms with Crippen molar-refractivity contribution in [2.75, 3.05) is 10.5 Å². The molecule has 0 saturated carbocycles. The van der Waals surface area contributed by atoms with E-state index >= 15 is 0 Å². The van der Waals surface area contributed by atoms with E-state index in [9.17, 15) is 12.8 Å². The molecule has 3 aromatic rings. The van der Waals surface area contributed by atoms with Crippen molar-refractivity contribution in [3.8, 4) is 5.88 Å². The van der Waals surface area contributed by atoms with E-state index in [1.165, 1.54) is 20.0 Å². The topological polar surface area (TPSA) is 94.1 Å². The van der Waals surface area contributed by atoms with Crippen LogP contribution in [-0.4, -0.2) is 34.8 Å². The standard InChI is InChI=1S/C20H23FN4O3S/c1-4-12-29(26,27)25-18-19(24-16-10-6-5-9-15(16)23-18)28-17(20(2,3)21)14-8-7-11-22-13-14/h5-11,13,17H,4,12H2,1-3H3,(H,23,25). The third kappa shape index (κ3) is 5.17. The molecule has 1 aromatic carbocycles. The van der Waals surface area contributed by atoms with E-state index in [0.717, 1.165) is 0 Å². The first-order valence-corrected chi connectivity index (χ1v) is 10.9. The largest absolute Gasteiger partial charge is 0.463 e. The lowest BCUT2D eigenvalue weighted by atomic mass is 9.97. The molecule has 1 atom stereocenters. The second kappa shape index (κ2) is 8.28. The molecule has 0 amide bonds. The number of hydrogen-bond acceptors (Lipinski definition) is 6. The van der Waals surface area contributed by atoms with Gasteiger partial charge in [-0.1, -0.05) is 25.1 Å². The molecule has 1 unspecified atom stereocenters. The first-order chi connectivity index (χ1) is 13.7. The summed E-state index contributed by atoms with van der Waals surface area (Å²) in [6, 6.07) is 10.3. The molecule has 29 heavy (non-hydrogen) atoms. The van der Waals surface area contributed by atoms with Crippen LogP contribution in [0.5, 0.6) is 5.88 Å². The van der Waals surface area contributed by atoms with E-state index in [0.29, 0.717) is 23.0 Å². The van der Waals surface area contributed by atoms with Crippen molar-refractivity contribution < 1.29 is 17.5 Å². The average Bonchev–Trinajstić information content (AvgIpc) is 2.65. The molecule has 9 heteroatoms. The molecule has 7 nitrogen and oxygen atoms in total. The van der Waals surface area contributed by atoms with Gasteiger partial charge in [-0.15, -0.1) is 0 Å². The number of rotatable bonds is 8. The number of nitrogens with one attached hydrogen (secondary N) is 1. The van der Waals surface area contributed by atoms with Gasteiger partial charge >= 0.3 is 0 Å². The Kier molecular flexibility index (Phi) is 5.97. The Labute approximate surface area is 169 Å². The summed E-state index contributed by atoms with van der Waals surface area (Å²) in [4.78, 5) is 12.8. The summed E-state index contributed by atoms with van der Waals surface area (Å²) in [7, 11) is -3.65. The smallest absolute Gasteiger partial charge is 0.259 e. The molecule has 0 spiro atoms. The first kappa shape index (κ1) is 20.9. The highest BCUT2D eigenvalue weighted by Crippen LogP contribution is 2.36. The fourth-order valence-corrected chi connectivity index (χ4v) is 3.91. The fraction of sp³-hybridized carbons (Fsp3) is 0.350. The van der Waals surface area contributed by atoms with Crippen LogP contribution in [0.15, 0.2) is 48.8 Å². The number of ether oxygens (including phenoxy) is 1. The van der Waals surface area contributed by atoms with E-state index in [2.05, 4.69) is 19.7 Å². The van der Waals surface area contributed by atoms with Crippen LogP contribution in [0.3, 0.4) is 0 Å². The van der Waals surface area contributed by atoms with Crippen LogP contribution in [0.25, 0.3) is 11.0 Å². The number of fused-ring (bicyclic) bond motifs is 1. The Morgan fingerprint density at radius 1 is 1.14 bits per heavy atom. The van der Waals surface area contributed by atoms with Gasteiger partial charge in [0.05, 0.1) is 16.8 Å². The zero-order chi connectivity index (χ0) is 21.1. The highest BCUT2D eigenvalue weighted by molar-refractivity contribution is 7.92. The molecule has 0 radical (unpaired) electrons.